The predicted octanol–water partition coefficient (Wildman–Crippen LogP) is 1.71. The van der Waals surface area contributed by atoms with Gasteiger partial charge in [0.25, 0.3) is 0 Å². The molecule has 0 spiro atoms. The molecule has 0 unspecified atom stereocenters. The second-order valence-electron chi connectivity index (χ2n) is 1.17. The van der Waals surface area contributed by atoms with E-state index in [0.717, 1.165) is 5.00 Å². The lowest BCUT2D eigenvalue weighted by molar-refractivity contribution is 1.07. The van der Waals surface area contributed by atoms with Gasteiger partial charge in [-0.1, -0.05) is 5.22 Å². The Hall–Kier alpha value is -0.900. The van der Waals surface area contributed by atoms with Crippen LogP contribution in [0.3, 0.4) is 0 Å². The van der Waals surface area contributed by atoms with E-state index < -0.39 is 0 Å². The van der Waals surface area contributed by atoms with E-state index in [1.54, 1.807) is 0 Å². The van der Waals surface area contributed by atoms with E-state index in [2.05, 4.69) is 10.3 Å². The predicted molar refractivity (Wildman–Crippen MR) is 33.0 cm³/mol. The number of nitrogens with zero attached hydrogens (tertiary/aromatic N) is 2. The Morgan fingerprint density at radius 2 is 2.50 bits per heavy atom. The van der Waals surface area contributed by atoms with Gasteiger partial charge >= 0.3 is 0 Å². The highest BCUT2D eigenvalue weighted by molar-refractivity contribution is 7.13. The molecule has 0 bridgehead atoms. The lowest BCUT2D eigenvalue weighted by Crippen LogP contribution is -1.70. The average molecular weight is 127 g/mol. The summed E-state index contributed by atoms with van der Waals surface area (Å²) in [5, 5.41) is 9.46. The van der Waals surface area contributed by atoms with Crippen molar-refractivity contribution in [2.45, 2.75) is 0 Å². The number of rotatable bonds is 1. The first kappa shape index (κ1) is 5.24. The van der Waals surface area contributed by atoms with E-state index in [9.17, 15) is 0 Å². The third-order valence-corrected chi connectivity index (χ3v) is 1.41. The minimum absolute atomic E-state index is 0.840. The summed E-state index contributed by atoms with van der Waals surface area (Å²) in [6.07, 6.45) is 0. The quantitative estimate of drug-likeness (QED) is 0.348. The first-order valence-electron chi connectivity index (χ1n) is 2.08. The van der Waals surface area contributed by atoms with Crippen molar-refractivity contribution in [3.8, 4) is 0 Å². The molecule has 0 saturated carbocycles. The Kier molecular flexibility index (Phi) is 1.58. The van der Waals surface area contributed by atoms with E-state index in [1.165, 1.54) is 11.3 Å². The average Bonchev–Trinajstić information content (AvgIpc) is 2.19. The molecule has 4 heteroatoms. The van der Waals surface area contributed by atoms with Gasteiger partial charge in [0.1, 0.15) is 5.00 Å². The Morgan fingerprint density at radius 3 is 3.00 bits per heavy atom. The number of nitrogens with two attached hydrogens (primary N) is 1. The molecule has 1 rings (SSSR count). The zero-order chi connectivity index (χ0) is 5.82. The van der Waals surface area contributed by atoms with Crippen LogP contribution in [0.15, 0.2) is 27.9 Å². The van der Waals surface area contributed by atoms with E-state index in [4.69, 9.17) is 5.84 Å². The Balaban J connectivity index is 2.77. The van der Waals surface area contributed by atoms with Crippen LogP contribution in [0.25, 0.3) is 0 Å². The van der Waals surface area contributed by atoms with Gasteiger partial charge in [-0.15, -0.1) is 16.5 Å². The van der Waals surface area contributed by atoms with Gasteiger partial charge in [0.2, 0.25) is 0 Å². The molecule has 0 aliphatic rings. The van der Waals surface area contributed by atoms with E-state index in [-0.39, 0.29) is 0 Å². The highest BCUT2D eigenvalue weighted by atomic mass is 32.1. The summed E-state index contributed by atoms with van der Waals surface area (Å²) >= 11 is 1.51. The molecule has 42 valence electrons. The minimum Gasteiger partial charge on any atom is -0.305 e. The first-order chi connectivity index (χ1) is 3.93. The van der Waals surface area contributed by atoms with Crippen LogP contribution in [-0.2, 0) is 0 Å². The number of hydrogen-bond acceptors (Lipinski definition) is 3. The zero-order valence-electron chi connectivity index (χ0n) is 4.11. The zero-order valence-corrected chi connectivity index (χ0v) is 4.93. The SMILES string of the molecule is NN=Nc1cccs1. The van der Waals surface area contributed by atoms with E-state index in [1.807, 2.05) is 17.5 Å². The molecular formula is C4H5N3S. The molecule has 0 aliphatic carbocycles. The molecule has 1 aromatic heterocycles. The normalized spacial score (nSPS) is 10.5. The smallest absolute Gasteiger partial charge is 0.140 e. The lowest BCUT2D eigenvalue weighted by atomic mass is 10.6. The monoisotopic (exact) mass is 127 g/mol. The van der Waals surface area contributed by atoms with Crippen LogP contribution in [0, 0.1) is 0 Å². The van der Waals surface area contributed by atoms with E-state index >= 15 is 0 Å². The minimum atomic E-state index is 0.840. The van der Waals surface area contributed by atoms with Crippen molar-refractivity contribution in [3.05, 3.63) is 17.5 Å². The van der Waals surface area contributed by atoms with Gasteiger partial charge in [0.05, 0.1) is 0 Å². The highest BCUT2D eigenvalue weighted by Gasteiger charge is 1.83. The van der Waals surface area contributed by atoms with Crippen molar-refractivity contribution in [2.75, 3.05) is 0 Å². The van der Waals surface area contributed by atoms with Gasteiger partial charge in [-0.3, -0.25) is 0 Å². The molecule has 0 aliphatic heterocycles. The third kappa shape index (κ3) is 1.04. The fourth-order valence-electron chi connectivity index (χ4n) is 0.384. The topological polar surface area (TPSA) is 50.7 Å². The largest absolute Gasteiger partial charge is 0.305 e. The van der Waals surface area contributed by atoms with Gasteiger partial charge in [0.15, 0.2) is 0 Å². The van der Waals surface area contributed by atoms with Gasteiger partial charge in [-0.2, -0.15) is 0 Å². The molecule has 2 N–H and O–H groups in total. The van der Waals surface area contributed by atoms with Crippen LogP contribution >= 0.6 is 11.3 Å². The Morgan fingerprint density at radius 1 is 1.62 bits per heavy atom. The summed E-state index contributed by atoms with van der Waals surface area (Å²) in [6.45, 7) is 0. The maximum Gasteiger partial charge on any atom is 0.140 e. The summed E-state index contributed by atoms with van der Waals surface area (Å²) in [5.41, 5.74) is 0. The maximum atomic E-state index is 4.78. The fraction of sp³-hybridized carbons (Fsp3) is 0. The summed E-state index contributed by atoms with van der Waals surface area (Å²) in [4.78, 5) is 0. The summed E-state index contributed by atoms with van der Waals surface area (Å²) in [7, 11) is 0. The van der Waals surface area contributed by atoms with E-state index in [0.29, 0.717) is 0 Å². The van der Waals surface area contributed by atoms with Gasteiger partial charge < -0.3 is 5.84 Å². The second kappa shape index (κ2) is 2.42. The second-order valence-corrected chi connectivity index (χ2v) is 2.09. The van der Waals surface area contributed by atoms with Crippen LogP contribution in [0.2, 0.25) is 0 Å². The fourth-order valence-corrected chi connectivity index (χ4v) is 0.932. The van der Waals surface area contributed by atoms with Crippen LogP contribution in [0.4, 0.5) is 5.00 Å². The van der Waals surface area contributed by atoms with Crippen molar-refractivity contribution in [1.82, 2.24) is 0 Å². The molecule has 1 heterocycles. The standard InChI is InChI=1S/C4H5N3S/c5-7-6-4-2-1-3-8-4/h1-3H,(H2,5,6). The summed E-state index contributed by atoms with van der Waals surface area (Å²) < 4.78 is 0. The van der Waals surface area contributed by atoms with Crippen molar-refractivity contribution in [3.63, 3.8) is 0 Å². The third-order valence-electron chi connectivity index (χ3n) is 0.662. The number of hydrogen-bond donors (Lipinski definition) is 1. The molecule has 8 heavy (non-hydrogen) atoms. The van der Waals surface area contributed by atoms with Crippen LogP contribution in [0.1, 0.15) is 0 Å². The van der Waals surface area contributed by atoms with Gasteiger partial charge in [-0.25, -0.2) is 0 Å². The first-order valence-corrected chi connectivity index (χ1v) is 2.96. The van der Waals surface area contributed by atoms with Crippen molar-refractivity contribution in [2.24, 2.45) is 16.2 Å². The molecule has 0 saturated heterocycles. The molecule has 0 aromatic carbocycles. The Bertz CT molecular complexity index is 167. The van der Waals surface area contributed by atoms with Crippen LogP contribution in [-0.4, -0.2) is 0 Å². The Labute approximate surface area is 50.8 Å². The van der Waals surface area contributed by atoms with Crippen molar-refractivity contribution < 1.29 is 0 Å². The van der Waals surface area contributed by atoms with Crippen molar-refractivity contribution >= 4 is 16.3 Å². The summed E-state index contributed by atoms with van der Waals surface area (Å²) in [6, 6.07) is 3.75. The molecule has 3 nitrogen and oxygen atoms in total. The summed E-state index contributed by atoms with van der Waals surface area (Å²) in [5.74, 6) is 4.78. The molecule has 0 atom stereocenters. The maximum absolute atomic E-state index is 4.78. The lowest BCUT2D eigenvalue weighted by Gasteiger charge is -1.73. The van der Waals surface area contributed by atoms with Crippen LogP contribution < -0.4 is 5.84 Å². The molecule has 1 aromatic rings. The molecule has 0 amide bonds. The van der Waals surface area contributed by atoms with Gasteiger partial charge in [0, 0.05) is 0 Å². The molecular weight excluding hydrogens is 122 g/mol. The van der Waals surface area contributed by atoms with Gasteiger partial charge in [-0.05, 0) is 17.5 Å². The van der Waals surface area contributed by atoms with Crippen molar-refractivity contribution in [1.29, 1.82) is 0 Å². The van der Waals surface area contributed by atoms with Crippen LogP contribution in [0.5, 0.6) is 0 Å². The molecule has 0 radical (unpaired) electrons. The highest BCUT2D eigenvalue weighted by Crippen LogP contribution is 2.18. The molecule has 0 fully saturated rings. The number of thiophene rings is 1.